The third-order valence-corrected chi connectivity index (χ3v) is 5.50. The lowest BCUT2D eigenvalue weighted by molar-refractivity contribution is -0.126. The fourth-order valence-corrected chi connectivity index (χ4v) is 3.69. The van der Waals surface area contributed by atoms with Crippen molar-refractivity contribution in [3.8, 4) is 5.69 Å². The van der Waals surface area contributed by atoms with Gasteiger partial charge < -0.3 is 15.5 Å². The summed E-state index contributed by atoms with van der Waals surface area (Å²) in [5.74, 6) is 0.932. The first-order valence-corrected chi connectivity index (χ1v) is 10.4. The molecule has 0 radical (unpaired) electrons. The van der Waals surface area contributed by atoms with Crippen molar-refractivity contribution >= 4 is 23.3 Å². The van der Waals surface area contributed by atoms with Gasteiger partial charge in [0.25, 0.3) is 0 Å². The summed E-state index contributed by atoms with van der Waals surface area (Å²) in [5.41, 5.74) is 2.46. The second-order valence-corrected chi connectivity index (χ2v) is 7.79. The summed E-state index contributed by atoms with van der Waals surface area (Å²) < 4.78 is 1.89. The van der Waals surface area contributed by atoms with Crippen LogP contribution >= 0.6 is 0 Å². The first kappa shape index (κ1) is 20.9. The summed E-state index contributed by atoms with van der Waals surface area (Å²) in [6, 6.07) is 10.1. The summed E-state index contributed by atoms with van der Waals surface area (Å²) in [4.78, 5) is 26.5. The SMILES string of the molecule is CC[C@@H](C)NC(=O)C1CCN(c2c(NC(C)=O)c(C)nn2-c2ccccc2)CC1. The van der Waals surface area contributed by atoms with Crippen molar-refractivity contribution in [2.75, 3.05) is 23.3 Å². The number of nitrogens with one attached hydrogen (secondary N) is 2. The van der Waals surface area contributed by atoms with Crippen LogP contribution in [0.3, 0.4) is 0 Å². The van der Waals surface area contributed by atoms with Gasteiger partial charge in [-0.05, 0) is 45.2 Å². The molecule has 0 unspecified atom stereocenters. The Labute approximate surface area is 172 Å². The van der Waals surface area contributed by atoms with Crippen LogP contribution in [0.15, 0.2) is 30.3 Å². The molecule has 1 aliphatic heterocycles. The normalized spacial score (nSPS) is 15.8. The molecular weight excluding hydrogens is 366 g/mol. The van der Waals surface area contributed by atoms with Crippen molar-refractivity contribution in [1.82, 2.24) is 15.1 Å². The van der Waals surface area contributed by atoms with E-state index in [9.17, 15) is 9.59 Å². The zero-order chi connectivity index (χ0) is 21.0. The van der Waals surface area contributed by atoms with Gasteiger partial charge in [-0.25, -0.2) is 4.68 Å². The van der Waals surface area contributed by atoms with E-state index in [1.807, 2.05) is 48.9 Å². The Balaban J connectivity index is 1.84. The molecule has 0 aliphatic carbocycles. The molecule has 1 fully saturated rings. The van der Waals surface area contributed by atoms with Gasteiger partial charge in [0, 0.05) is 32.0 Å². The largest absolute Gasteiger partial charge is 0.355 e. The lowest BCUT2D eigenvalue weighted by atomic mass is 9.95. The number of aryl methyl sites for hydroxylation is 1. The van der Waals surface area contributed by atoms with Crippen LogP contribution in [-0.2, 0) is 9.59 Å². The summed E-state index contributed by atoms with van der Waals surface area (Å²) in [6.07, 6.45) is 2.49. The highest BCUT2D eigenvalue weighted by Crippen LogP contribution is 2.34. The van der Waals surface area contributed by atoms with Gasteiger partial charge in [-0.2, -0.15) is 5.10 Å². The highest BCUT2D eigenvalue weighted by molar-refractivity contribution is 5.93. The van der Waals surface area contributed by atoms with Gasteiger partial charge in [-0.15, -0.1) is 0 Å². The van der Waals surface area contributed by atoms with E-state index >= 15 is 0 Å². The Morgan fingerprint density at radius 2 is 1.86 bits per heavy atom. The van der Waals surface area contributed by atoms with Gasteiger partial charge in [-0.3, -0.25) is 9.59 Å². The minimum Gasteiger partial charge on any atom is -0.355 e. The minimum atomic E-state index is -0.121. The number of aromatic nitrogens is 2. The molecular formula is C22H31N5O2. The molecule has 7 nitrogen and oxygen atoms in total. The Morgan fingerprint density at radius 3 is 2.45 bits per heavy atom. The van der Waals surface area contributed by atoms with Crippen molar-refractivity contribution in [2.24, 2.45) is 5.92 Å². The van der Waals surface area contributed by atoms with Crippen molar-refractivity contribution < 1.29 is 9.59 Å². The molecule has 7 heteroatoms. The van der Waals surface area contributed by atoms with E-state index in [2.05, 4.69) is 22.5 Å². The number of piperidine rings is 1. The van der Waals surface area contributed by atoms with E-state index in [-0.39, 0.29) is 23.8 Å². The number of para-hydroxylation sites is 1. The molecule has 1 atom stereocenters. The van der Waals surface area contributed by atoms with Crippen LogP contribution in [0.4, 0.5) is 11.5 Å². The van der Waals surface area contributed by atoms with Gasteiger partial charge in [0.15, 0.2) is 5.82 Å². The van der Waals surface area contributed by atoms with Gasteiger partial charge in [0.05, 0.1) is 11.4 Å². The van der Waals surface area contributed by atoms with Crippen molar-refractivity contribution in [1.29, 1.82) is 0 Å². The highest BCUT2D eigenvalue weighted by Gasteiger charge is 2.30. The van der Waals surface area contributed by atoms with Crippen molar-refractivity contribution in [3.63, 3.8) is 0 Å². The number of amides is 2. The maximum Gasteiger partial charge on any atom is 0.223 e. The van der Waals surface area contributed by atoms with Crippen LogP contribution in [0.25, 0.3) is 5.69 Å². The van der Waals surface area contributed by atoms with Crippen LogP contribution < -0.4 is 15.5 Å². The first-order chi connectivity index (χ1) is 13.9. The van der Waals surface area contributed by atoms with Crippen LogP contribution in [0, 0.1) is 12.8 Å². The lowest BCUT2D eigenvalue weighted by Crippen LogP contribution is -2.43. The first-order valence-electron chi connectivity index (χ1n) is 10.4. The van der Waals surface area contributed by atoms with Crippen molar-refractivity contribution in [2.45, 2.75) is 53.0 Å². The number of benzene rings is 1. The summed E-state index contributed by atoms with van der Waals surface area (Å²) in [7, 11) is 0. The topological polar surface area (TPSA) is 79.3 Å². The van der Waals surface area contributed by atoms with Gasteiger partial charge >= 0.3 is 0 Å². The molecule has 2 aromatic rings. The quantitative estimate of drug-likeness (QED) is 0.784. The number of hydrogen-bond donors (Lipinski definition) is 2. The zero-order valence-corrected chi connectivity index (χ0v) is 17.7. The van der Waals surface area contributed by atoms with Gasteiger partial charge in [0.1, 0.15) is 5.69 Å². The van der Waals surface area contributed by atoms with E-state index in [0.717, 1.165) is 55.2 Å². The molecule has 2 amide bonds. The van der Waals surface area contributed by atoms with E-state index in [0.29, 0.717) is 0 Å². The zero-order valence-electron chi connectivity index (χ0n) is 17.7. The second-order valence-electron chi connectivity index (χ2n) is 7.79. The lowest BCUT2D eigenvalue weighted by Gasteiger charge is -2.34. The molecule has 1 aromatic carbocycles. The van der Waals surface area contributed by atoms with Gasteiger partial charge in [0.2, 0.25) is 11.8 Å². The minimum absolute atomic E-state index is 0.0265. The summed E-state index contributed by atoms with van der Waals surface area (Å²) in [5, 5.41) is 10.7. The molecule has 0 spiro atoms. The van der Waals surface area contributed by atoms with Crippen LogP contribution in [0.5, 0.6) is 0 Å². The number of carbonyl (C=O) groups excluding carboxylic acids is 2. The van der Waals surface area contributed by atoms with E-state index in [1.54, 1.807) is 0 Å². The van der Waals surface area contributed by atoms with Crippen LogP contribution in [-0.4, -0.2) is 40.7 Å². The Hall–Kier alpha value is -2.83. The number of anilines is 2. The molecule has 29 heavy (non-hydrogen) atoms. The molecule has 0 saturated carbocycles. The Bertz CT molecular complexity index is 854. The number of rotatable bonds is 6. The fourth-order valence-electron chi connectivity index (χ4n) is 3.69. The number of carbonyl (C=O) groups is 2. The van der Waals surface area contributed by atoms with E-state index < -0.39 is 0 Å². The van der Waals surface area contributed by atoms with Crippen LogP contribution in [0.1, 0.15) is 45.7 Å². The molecule has 0 bridgehead atoms. The molecule has 1 saturated heterocycles. The van der Waals surface area contributed by atoms with Crippen LogP contribution in [0.2, 0.25) is 0 Å². The maximum absolute atomic E-state index is 12.5. The smallest absolute Gasteiger partial charge is 0.223 e. The second kappa shape index (κ2) is 9.11. The molecule has 156 valence electrons. The Morgan fingerprint density at radius 1 is 1.21 bits per heavy atom. The number of hydrogen-bond acceptors (Lipinski definition) is 4. The molecule has 2 N–H and O–H groups in total. The standard InChI is InChI=1S/C22H31N5O2/c1-5-15(2)23-21(29)18-11-13-26(14-12-18)22-20(24-17(4)28)16(3)25-27(22)19-9-7-6-8-10-19/h6-10,15,18H,5,11-14H2,1-4H3,(H,23,29)(H,24,28)/t15-/m1/s1. The Kier molecular flexibility index (Phi) is 6.56. The maximum atomic E-state index is 12.5. The van der Waals surface area contributed by atoms with E-state index in [4.69, 9.17) is 5.10 Å². The molecule has 1 aromatic heterocycles. The third kappa shape index (κ3) is 4.78. The fraction of sp³-hybridized carbons (Fsp3) is 0.500. The average molecular weight is 398 g/mol. The summed E-state index contributed by atoms with van der Waals surface area (Å²) >= 11 is 0. The third-order valence-electron chi connectivity index (χ3n) is 5.50. The molecule has 1 aliphatic rings. The van der Waals surface area contributed by atoms with Gasteiger partial charge in [-0.1, -0.05) is 25.1 Å². The number of nitrogens with zero attached hydrogens (tertiary/aromatic N) is 3. The van der Waals surface area contributed by atoms with Crippen molar-refractivity contribution in [3.05, 3.63) is 36.0 Å². The predicted molar refractivity (Wildman–Crippen MR) is 115 cm³/mol. The predicted octanol–water partition coefficient (Wildman–Crippen LogP) is 3.27. The summed E-state index contributed by atoms with van der Waals surface area (Å²) in [6.45, 7) is 9.00. The molecule has 2 heterocycles. The highest BCUT2D eigenvalue weighted by atomic mass is 16.2. The monoisotopic (exact) mass is 397 g/mol. The van der Waals surface area contributed by atoms with E-state index in [1.165, 1.54) is 6.92 Å². The average Bonchev–Trinajstić information content (AvgIpc) is 3.04. The molecule has 3 rings (SSSR count).